The first-order valence-corrected chi connectivity index (χ1v) is 13.1. The number of pyridine rings is 1. The van der Waals surface area contributed by atoms with E-state index in [9.17, 15) is 9.90 Å². The average Bonchev–Trinajstić information content (AvgIpc) is 3.32. The highest BCUT2D eigenvalue weighted by Crippen LogP contribution is 2.48. The zero-order chi connectivity index (χ0) is 24.9. The molecule has 3 fully saturated rings. The van der Waals surface area contributed by atoms with Crippen LogP contribution in [0.15, 0.2) is 43.1 Å². The quantitative estimate of drug-likeness (QED) is 0.524. The number of carbonyl (C=O) groups excluding carboxylic acids is 1. The summed E-state index contributed by atoms with van der Waals surface area (Å²) in [5.74, 6) is 0.921. The topological polar surface area (TPSA) is 92.5 Å². The Morgan fingerprint density at radius 1 is 1.25 bits per heavy atom. The van der Waals surface area contributed by atoms with Gasteiger partial charge in [0, 0.05) is 35.5 Å². The first kappa shape index (κ1) is 23.9. The van der Waals surface area contributed by atoms with Gasteiger partial charge in [0.2, 0.25) is 5.91 Å². The van der Waals surface area contributed by atoms with Crippen molar-refractivity contribution in [2.45, 2.75) is 56.7 Å². The van der Waals surface area contributed by atoms with Gasteiger partial charge in [-0.25, -0.2) is 9.97 Å². The standard InChI is InChI=1S/C27H32ClN5O3/c1-26(16-36-14-23(26)34)33-7-2-18(3-8-33)21-10-19-12-24(30-13-20(19)11-22(21)28)31-25(35)27(4-5-27)15-32-9-6-29-17-32/h6,9-13,17-18,23,34H,2-5,7-8,14-16H2,1H3,(H,30,31,35)/t23-,26+/m1/s1. The molecule has 2 aromatic heterocycles. The van der Waals surface area contributed by atoms with Crippen LogP contribution in [-0.4, -0.2) is 68.4 Å². The van der Waals surface area contributed by atoms with Gasteiger partial charge in [-0.05, 0) is 80.8 Å². The molecule has 2 N–H and O–H groups in total. The Morgan fingerprint density at radius 3 is 2.72 bits per heavy atom. The number of hydrogen-bond acceptors (Lipinski definition) is 6. The van der Waals surface area contributed by atoms with Gasteiger partial charge >= 0.3 is 0 Å². The summed E-state index contributed by atoms with van der Waals surface area (Å²) in [5, 5.41) is 16.2. The molecule has 36 heavy (non-hydrogen) atoms. The van der Waals surface area contributed by atoms with E-state index in [-0.39, 0.29) is 16.9 Å². The molecule has 190 valence electrons. The van der Waals surface area contributed by atoms with Crippen LogP contribution in [0.4, 0.5) is 5.82 Å². The van der Waals surface area contributed by atoms with E-state index >= 15 is 0 Å². The second-order valence-corrected chi connectivity index (χ2v) is 11.3. The number of aliphatic hydroxyl groups is 1. The van der Waals surface area contributed by atoms with Crippen LogP contribution in [0, 0.1) is 5.41 Å². The summed E-state index contributed by atoms with van der Waals surface area (Å²) in [7, 11) is 0. The molecule has 8 nitrogen and oxygen atoms in total. The lowest BCUT2D eigenvalue weighted by Crippen LogP contribution is -2.56. The van der Waals surface area contributed by atoms with Gasteiger partial charge in [-0.2, -0.15) is 0 Å². The number of nitrogens with one attached hydrogen (secondary N) is 1. The number of carbonyl (C=O) groups is 1. The SMILES string of the molecule is C[C@]1(N2CCC(c3cc4cc(NC(=O)C5(Cn6ccnc6)CC5)ncc4cc3Cl)CC2)COC[C@H]1O. The zero-order valence-corrected chi connectivity index (χ0v) is 21.2. The maximum absolute atomic E-state index is 13.1. The van der Waals surface area contributed by atoms with E-state index in [1.807, 2.05) is 22.9 Å². The molecule has 2 saturated heterocycles. The number of nitrogens with zero attached hydrogens (tertiary/aromatic N) is 4. The van der Waals surface area contributed by atoms with E-state index in [2.05, 4.69) is 33.2 Å². The van der Waals surface area contributed by atoms with Crippen LogP contribution in [-0.2, 0) is 16.1 Å². The number of aromatic nitrogens is 3. The lowest BCUT2D eigenvalue weighted by atomic mass is 9.85. The summed E-state index contributed by atoms with van der Waals surface area (Å²) in [6.07, 6.45) is 10.4. The van der Waals surface area contributed by atoms with E-state index in [1.165, 1.54) is 0 Å². The fourth-order valence-electron chi connectivity index (χ4n) is 5.81. The number of aliphatic hydroxyl groups excluding tert-OH is 1. The fourth-order valence-corrected chi connectivity index (χ4v) is 6.13. The van der Waals surface area contributed by atoms with Crippen LogP contribution in [0.5, 0.6) is 0 Å². The van der Waals surface area contributed by atoms with Crippen molar-refractivity contribution < 1.29 is 14.6 Å². The molecule has 6 rings (SSSR count). The number of piperidine rings is 1. The van der Waals surface area contributed by atoms with Crippen molar-refractivity contribution in [3.8, 4) is 0 Å². The van der Waals surface area contributed by atoms with Gasteiger partial charge in [0.25, 0.3) is 0 Å². The maximum atomic E-state index is 13.1. The highest BCUT2D eigenvalue weighted by Gasteiger charge is 2.50. The van der Waals surface area contributed by atoms with Crippen LogP contribution >= 0.6 is 11.6 Å². The summed E-state index contributed by atoms with van der Waals surface area (Å²) in [4.78, 5) is 24.0. The molecule has 9 heteroatoms. The van der Waals surface area contributed by atoms with E-state index in [4.69, 9.17) is 16.3 Å². The normalized spacial score (nSPS) is 26.4. The number of imidazole rings is 1. The molecule has 0 bridgehead atoms. The maximum Gasteiger partial charge on any atom is 0.233 e. The fraction of sp³-hybridized carbons (Fsp3) is 0.519. The highest BCUT2D eigenvalue weighted by molar-refractivity contribution is 6.32. The van der Waals surface area contributed by atoms with Gasteiger partial charge in [-0.1, -0.05) is 11.6 Å². The number of benzene rings is 1. The number of likely N-dealkylation sites (tertiary alicyclic amines) is 1. The van der Waals surface area contributed by atoms with Crippen molar-refractivity contribution >= 4 is 34.1 Å². The average molecular weight is 510 g/mol. The second-order valence-electron chi connectivity index (χ2n) is 10.9. The Morgan fingerprint density at radius 2 is 2.06 bits per heavy atom. The predicted molar refractivity (Wildman–Crippen MR) is 138 cm³/mol. The first-order chi connectivity index (χ1) is 17.4. The Balaban J connectivity index is 1.17. The van der Waals surface area contributed by atoms with Crippen LogP contribution < -0.4 is 5.32 Å². The highest BCUT2D eigenvalue weighted by atomic mass is 35.5. The Labute approximate surface area is 215 Å². The van der Waals surface area contributed by atoms with Gasteiger partial charge in [-0.3, -0.25) is 9.69 Å². The van der Waals surface area contributed by atoms with Crippen LogP contribution in [0.3, 0.4) is 0 Å². The van der Waals surface area contributed by atoms with Crippen LogP contribution in [0.1, 0.15) is 44.1 Å². The number of halogens is 1. The summed E-state index contributed by atoms with van der Waals surface area (Å²) in [6.45, 7) is 5.50. The lowest BCUT2D eigenvalue weighted by molar-refractivity contribution is -0.121. The van der Waals surface area contributed by atoms with Gasteiger partial charge in [0.05, 0.1) is 36.6 Å². The molecule has 0 spiro atoms. The summed E-state index contributed by atoms with van der Waals surface area (Å²) in [5.41, 5.74) is 0.443. The second kappa shape index (κ2) is 9.10. The van der Waals surface area contributed by atoms with E-state index in [1.54, 1.807) is 18.7 Å². The molecule has 1 saturated carbocycles. The van der Waals surface area contributed by atoms with Crippen molar-refractivity contribution in [2.24, 2.45) is 5.41 Å². The molecule has 2 atom stereocenters. The van der Waals surface area contributed by atoms with E-state index in [0.29, 0.717) is 31.5 Å². The molecule has 1 aromatic carbocycles. The van der Waals surface area contributed by atoms with Gasteiger partial charge < -0.3 is 19.7 Å². The number of hydrogen-bond donors (Lipinski definition) is 2. The third kappa shape index (κ3) is 4.30. The lowest BCUT2D eigenvalue weighted by Gasteiger charge is -2.43. The van der Waals surface area contributed by atoms with Crippen molar-refractivity contribution in [3.63, 3.8) is 0 Å². The third-order valence-electron chi connectivity index (χ3n) is 8.50. The number of amides is 1. The third-order valence-corrected chi connectivity index (χ3v) is 8.83. The summed E-state index contributed by atoms with van der Waals surface area (Å²) >= 11 is 6.73. The first-order valence-electron chi connectivity index (χ1n) is 12.7. The summed E-state index contributed by atoms with van der Waals surface area (Å²) < 4.78 is 7.50. The number of fused-ring (bicyclic) bond motifs is 1. The van der Waals surface area contributed by atoms with Crippen LogP contribution in [0.2, 0.25) is 5.02 Å². The number of rotatable bonds is 6. The Bertz CT molecular complexity index is 1270. The molecule has 0 unspecified atom stereocenters. The molecular weight excluding hydrogens is 478 g/mol. The molecular formula is C27H32ClN5O3. The largest absolute Gasteiger partial charge is 0.389 e. The van der Waals surface area contributed by atoms with Crippen LogP contribution in [0.25, 0.3) is 10.8 Å². The van der Waals surface area contributed by atoms with Crippen molar-refractivity contribution in [1.82, 2.24) is 19.4 Å². The number of ether oxygens (including phenoxy) is 1. The monoisotopic (exact) mass is 509 g/mol. The Kier molecular flexibility index (Phi) is 6.03. The smallest absolute Gasteiger partial charge is 0.233 e. The van der Waals surface area contributed by atoms with Crippen molar-refractivity contribution in [2.75, 3.05) is 31.6 Å². The van der Waals surface area contributed by atoms with Gasteiger partial charge in [-0.15, -0.1) is 0 Å². The summed E-state index contributed by atoms with van der Waals surface area (Å²) in [6, 6.07) is 6.08. The molecule has 0 radical (unpaired) electrons. The predicted octanol–water partition coefficient (Wildman–Crippen LogP) is 3.83. The molecule has 3 aliphatic rings. The molecule has 3 aromatic rings. The minimum absolute atomic E-state index is 0.0104. The molecule has 4 heterocycles. The van der Waals surface area contributed by atoms with E-state index < -0.39 is 6.10 Å². The van der Waals surface area contributed by atoms with E-state index in [0.717, 1.165) is 60.1 Å². The molecule has 2 aliphatic heterocycles. The number of anilines is 1. The van der Waals surface area contributed by atoms with Gasteiger partial charge in [0.1, 0.15) is 5.82 Å². The minimum atomic E-state index is -0.450. The minimum Gasteiger partial charge on any atom is -0.389 e. The Hall–Kier alpha value is -2.52. The van der Waals surface area contributed by atoms with Crippen molar-refractivity contribution in [1.29, 1.82) is 0 Å². The van der Waals surface area contributed by atoms with Crippen molar-refractivity contribution in [3.05, 3.63) is 53.7 Å². The van der Waals surface area contributed by atoms with Gasteiger partial charge in [0.15, 0.2) is 0 Å². The molecule has 1 aliphatic carbocycles. The molecule has 1 amide bonds. The zero-order valence-electron chi connectivity index (χ0n) is 20.5.